The summed E-state index contributed by atoms with van der Waals surface area (Å²) in [5.74, 6) is 0. The first-order valence-corrected chi connectivity index (χ1v) is 4.80. The van der Waals surface area contributed by atoms with Crippen molar-refractivity contribution in [3.8, 4) is 0 Å². The fourth-order valence-electron chi connectivity index (χ4n) is 1.06. The summed E-state index contributed by atoms with van der Waals surface area (Å²) in [4.78, 5) is 0. The summed E-state index contributed by atoms with van der Waals surface area (Å²) in [7, 11) is 0. The molecule has 68 valence electrons. The molecule has 0 spiro atoms. The number of rotatable bonds is 0. The summed E-state index contributed by atoms with van der Waals surface area (Å²) in [5, 5.41) is 0. The van der Waals surface area contributed by atoms with Crippen LogP contribution in [0.1, 0.15) is 19.3 Å². The Morgan fingerprint density at radius 3 is 1.62 bits per heavy atom. The van der Waals surface area contributed by atoms with E-state index in [0.717, 1.165) is 19.3 Å². The fraction of sp³-hybridized carbons (Fsp3) is 0.231. The van der Waals surface area contributed by atoms with Gasteiger partial charge in [-0.05, 0) is 19.3 Å². The second-order valence-corrected chi connectivity index (χ2v) is 2.91. The third-order valence-electron chi connectivity index (χ3n) is 1.76. The zero-order chi connectivity index (χ0) is 9.19. The predicted molar refractivity (Wildman–Crippen MR) is 59.6 cm³/mol. The lowest BCUT2D eigenvalue weighted by Crippen LogP contribution is -1.62. The minimum Gasteiger partial charge on any atom is -0.0842 e. The molecule has 0 aromatic heterocycles. The van der Waals surface area contributed by atoms with E-state index in [1.165, 1.54) is 0 Å². The Labute approximate surface area is 80.7 Å². The van der Waals surface area contributed by atoms with Gasteiger partial charge in [0.1, 0.15) is 0 Å². The first-order chi connectivity index (χ1) is 6.50. The molecule has 0 amide bonds. The molecule has 0 atom stereocenters. The molecule has 0 saturated heterocycles. The van der Waals surface area contributed by atoms with Crippen molar-refractivity contribution in [2.75, 3.05) is 0 Å². The second kappa shape index (κ2) is 7.35. The summed E-state index contributed by atoms with van der Waals surface area (Å²) in [6.07, 6.45) is 24.5. The Hall–Kier alpha value is -1.30. The molecule has 0 radical (unpaired) electrons. The minimum absolute atomic E-state index is 1.01. The van der Waals surface area contributed by atoms with Crippen LogP contribution >= 0.6 is 0 Å². The van der Waals surface area contributed by atoms with Crippen molar-refractivity contribution >= 4 is 0 Å². The lowest BCUT2D eigenvalue weighted by atomic mass is 10.2. The molecule has 0 aromatic carbocycles. The Balaban J connectivity index is 2.49. The molecule has 1 rings (SSSR count). The van der Waals surface area contributed by atoms with Gasteiger partial charge in [-0.3, -0.25) is 0 Å². The third-order valence-corrected chi connectivity index (χ3v) is 1.76. The van der Waals surface area contributed by atoms with E-state index in [1.54, 1.807) is 0 Å². The monoisotopic (exact) mass is 172 g/mol. The number of hydrogen-bond acceptors (Lipinski definition) is 0. The Morgan fingerprint density at radius 2 is 0.923 bits per heavy atom. The van der Waals surface area contributed by atoms with Crippen LogP contribution in [0.25, 0.3) is 0 Å². The van der Waals surface area contributed by atoms with E-state index in [-0.39, 0.29) is 0 Å². The first kappa shape index (κ1) is 9.79. The summed E-state index contributed by atoms with van der Waals surface area (Å²) in [5.41, 5.74) is 0. The lowest BCUT2D eigenvalue weighted by molar-refractivity contribution is 1.05. The van der Waals surface area contributed by atoms with Crippen LogP contribution in [0.4, 0.5) is 0 Å². The second-order valence-electron chi connectivity index (χ2n) is 2.91. The molecule has 0 nitrogen and oxygen atoms in total. The summed E-state index contributed by atoms with van der Waals surface area (Å²) in [6.45, 7) is 0. The molecule has 0 saturated carbocycles. The van der Waals surface area contributed by atoms with Gasteiger partial charge in [0.25, 0.3) is 0 Å². The molecular formula is C13H16. The van der Waals surface area contributed by atoms with Crippen molar-refractivity contribution in [1.29, 1.82) is 0 Å². The van der Waals surface area contributed by atoms with Crippen molar-refractivity contribution in [3.05, 3.63) is 60.8 Å². The van der Waals surface area contributed by atoms with Crippen LogP contribution in [0.5, 0.6) is 0 Å². The normalized spacial score (nSPS) is 27.7. The molecule has 1 aliphatic carbocycles. The van der Waals surface area contributed by atoms with E-state index >= 15 is 0 Å². The van der Waals surface area contributed by atoms with Gasteiger partial charge in [-0.1, -0.05) is 60.8 Å². The Kier molecular flexibility index (Phi) is 5.54. The van der Waals surface area contributed by atoms with Gasteiger partial charge in [-0.25, -0.2) is 0 Å². The van der Waals surface area contributed by atoms with E-state index in [2.05, 4.69) is 60.8 Å². The SMILES string of the molecule is C1=CCC\C=C/C=C/C=C\C/C=C\1. The van der Waals surface area contributed by atoms with E-state index in [4.69, 9.17) is 0 Å². The van der Waals surface area contributed by atoms with Crippen molar-refractivity contribution in [2.24, 2.45) is 0 Å². The molecule has 0 aliphatic heterocycles. The van der Waals surface area contributed by atoms with Crippen LogP contribution < -0.4 is 0 Å². The molecular weight excluding hydrogens is 156 g/mol. The maximum absolute atomic E-state index is 2.20. The van der Waals surface area contributed by atoms with Crippen LogP contribution in [-0.4, -0.2) is 0 Å². The lowest BCUT2D eigenvalue weighted by Gasteiger charge is -1.83. The average molecular weight is 172 g/mol. The van der Waals surface area contributed by atoms with Crippen LogP contribution in [-0.2, 0) is 0 Å². The van der Waals surface area contributed by atoms with E-state index in [9.17, 15) is 0 Å². The van der Waals surface area contributed by atoms with Crippen LogP contribution in [0.3, 0.4) is 0 Å². The van der Waals surface area contributed by atoms with Crippen LogP contribution in [0.2, 0.25) is 0 Å². The maximum Gasteiger partial charge on any atom is -0.0163 e. The maximum atomic E-state index is 2.20. The largest absolute Gasteiger partial charge is 0.0842 e. The van der Waals surface area contributed by atoms with Crippen LogP contribution in [0, 0.1) is 0 Å². The minimum atomic E-state index is 1.01. The molecule has 0 bridgehead atoms. The molecule has 0 fully saturated rings. The van der Waals surface area contributed by atoms with Gasteiger partial charge in [-0.2, -0.15) is 0 Å². The summed E-state index contributed by atoms with van der Waals surface area (Å²) >= 11 is 0. The molecule has 0 aromatic rings. The van der Waals surface area contributed by atoms with Gasteiger partial charge < -0.3 is 0 Å². The Bertz CT molecular complexity index is 249. The van der Waals surface area contributed by atoms with E-state index in [0.29, 0.717) is 0 Å². The zero-order valence-electron chi connectivity index (χ0n) is 7.89. The molecule has 1 aliphatic rings. The van der Waals surface area contributed by atoms with Crippen LogP contribution in [0.15, 0.2) is 60.8 Å². The number of hydrogen-bond donors (Lipinski definition) is 0. The van der Waals surface area contributed by atoms with Crippen molar-refractivity contribution in [1.82, 2.24) is 0 Å². The molecule has 0 heteroatoms. The van der Waals surface area contributed by atoms with Crippen molar-refractivity contribution in [2.45, 2.75) is 19.3 Å². The van der Waals surface area contributed by atoms with E-state index in [1.807, 2.05) is 0 Å². The van der Waals surface area contributed by atoms with Gasteiger partial charge in [0.15, 0.2) is 0 Å². The predicted octanol–water partition coefficient (Wildman–Crippen LogP) is 3.95. The van der Waals surface area contributed by atoms with Crippen molar-refractivity contribution < 1.29 is 0 Å². The summed E-state index contributed by atoms with van der Waals surface area (Å²) in [6, 6.07) is 0. The first-order valence-electron chi connectivity index (χ1n) is 4.80. The fourth-order valence-corrected chi connectivity index (χ4v) is 1.06. The highest BCUT2D eigenvalue weighted by molar-refractivity contribution is 5.13. The van der Waals surface area contributed by atoms with Gasteiger partial charge in [0.2, 0.25) is 0 Å². The summed E-state index contributed by atoms with van der Waals surface area (Å²) < 4.78 is 0. The van der Waals surface area contributed by atoms with Crippen molar-refractivity contribution in [3.63, 3.8) is 0 Å². The molecule has 0 unspecified atom stereocenters. The average Bonchev–Trinajstić information content (AvgIpc) is 2.18. The molecule has 0 heterocycles. The Morgan fingerprint density at radius 1 is 0.462 bits per heavy atom. The topological polar surface area (TPSA) is 0 Å². The van der Waals surface area contributed by atoms with Gasteiger partial charge >= 0.3 is 0 Å². The van der Waals surface area contributed by atoms with Gasteiger partial charge in [-0.15, -0.1) is 0 Å². The standard InChI is InChI=1S/C13H16/c1-2-4-6-8-10-12-13-11-9-7-5-3-1/h1-6,9,11-13H,7-8,10H2/b2-1+,5-3-,6-4-,11-9-,13-12?. The molecule has 0 N–H and O–H groups in total. The highest BCUT2D eigenvalue weighted by Crippen LogP contribution is 1.96. The quantitative estimate of drug-likeness (QED) is 0.519. The zero-order valence-corrected chi connectivity index (χ0v) is 7.89. The number of allylic oxidation sites excluding steroid dienone is 10. The third kappa shape index (κ3) is 5.92. The van der Waals surface area contributed by atoms with E-state index < -0.39 is 0 Å². The molecule has 13 heavy (non-hydrogen) atoms. The smallest absolute Gasteiger partial charge is 0.0163 e. The highest BCUT2D eigenvalue weighted by atomic mass is 13.8. The highest BCUT2D eigenvalue weighted by Gasteiger charge is 1.75. The van der Waals surface area contributed by atoms with Gasteiger partial charge in [0.05, 0.1) is 0 Å². The van der Waals surface area contributed by atoms with Gasteiger partial charge in [0, 0.05) is 0 Å².